The Hall–Kier alpha value is -0.380. The molecule has 0 bridgehead atoms. The number of nitrogens with two attached hydrogens (primary N) is 1. The lowest BCUT2D eigenvalue weighted by atomic mass is 9.99. The van der Waals surface area contributed by atoms with Crippen molar-refractivity contribution in [3.8, 4) is 0 Å². The molecule has 0 aromatic carbocycles. The molecule has 0 aliphatic carbocycles. The zero-order valence-electron chi connectivity index (χ0n) is 10.6. The van der Waals surface area contributed by atoms with Crippen LogP contribution in [-0.4, -0.2) is 24.5 Å². The molecule has 2 N–H and O–H groups in total. The van der Waals surface area contributed by atoms with Crippen molar-refractivity contribution in [3.63, 3.8) is 0 Å². The molecule has 3 heteroatoms. The van der Waals surface area contributed by atoms with Crippen LogP contribution in [0.25, 0.3) is 0 Å². The average molecular weight is 240 g/mol. The van der Waals surface area contributed by atoms with Crippen molar-refractivity contribution in [1.29, 1.82) is 0 Å². The van der Waals surface area contributed by atoms with Crippen LogP contribution >= 0.6 is 11.3 Å². The van der Waals surface area contributed by atoms with Gasteiger partial charge in [-0.3, -0.25) is 4.90 Å². The predicted octanol–water partition coefficient (Wildman–Crippen LogP) is 3.26. The van der Waals surface area contributed by atoms with E-state index in [1.165, 1.54) is 18.4 Å². The van der Waals surface area contributed by atoms with Gasteiger partial charge < -0.3 is 5.73 Å². The lowest BCUT2D eigenvalue weighted by molar-refractivity contribution is 0.207. The molecule has 0 aliphatic heterocycles. The quantitative estimate of drug-likeness (QED) is 0.792. The number of hydrogen-bond acceptors (Lipinski definition) is 3. The second-order valence-electron chi connectivity index (χ2n) is 4.41. The van der Waals surface area contributed by atoms with Crippen LogP contribution in [0.3, 0.4) is 0 Å². The third kappa shape index (κ3) is 3.58. The van der Waals surface area contributed by atoms with Crippen LogP contribution in [0, 0.1) is 0 Å². The predicted molar refractivity (Wildman–Crippen MR) is 72.9 cm³/mol. The molecule has 1 heterocycles. The Labute approximate surface area is 103 Å². The molecule has 2 atom stereocenters. The van der Waals surface area contributed by atoms with Crippen LogP contribution < -0.4 is 5.73 Å². The summed E-state index contributed by atoms with van der Waals surface area (Å²) in [4.78, 5) is 2.40. The van der Waals surface area contributed by atoms with Crippen LogP contribution in [0.5, 0.6) is 0 Å². The van der Waals surface area contributed by atoms with Crippen molar-refractivity contribution in [1.82, 2.24) is 4.90 Å². The Bertz CT molecular complexity index is 271. The largest absolute Gasteiger partial charge is 0.326 e. The molecule has 2 nitrogen and oxygen atoms in total. The van der Waals surface area contributed by atoms with Gasteiger partial charge >= 0.3 is 0 Å². The number of nitrogens with zero attached hydrogens (tertiary/aromatic N) is 1. The van der Waals surface area contributed by atoms with Gasteiger partial charge in [0.25, 0.3) is 0 Å². The van der Waals surface area contributed by atoms with Crippen LogP contribution in [0.15, 0.2) is 16.8 Å². The van der Waals surface area contributed by atoms with Crippen LogP contribution in [-0.2, 0) is 0 Å². The Morgan fingerprint density at radius 1 is 1.44 bits per heavy atom. The summed E-state index contributed by atoms with van der Waals surface area (Å²) in [5.74, 6) is 0. The van der Waals surface area contributed by atoms with E-state index in [9.17, 15) is 0 Å². The number of unbranched alkanes of at least 4 members (excludes halogenated alkanes) is 1. The molecule has 2 unspecified atom stereocenters. The highest BCUT2D eigenvalue weighted by molar-refractivity contribution is 7.07. The van der Waals surface area contributed by atoms with Crippen molar-refractivity contribution in [3.05, 3.63) is 22.4 Å². The van der Waals surface area contributed by atoms with E-state index in [2.05, 4.69) is 42.6 Å². The van der Waals surface area contributed by atoms with Gasteiger partial charge in [-0.05, 0) is 48.8 Å². The van der Waals surface area contributed by atoms with Crippen LogP contribution in [0.2, 0.25) is 0 Å². The fourth-order valence-electron chi connectivity index (χ4n) is 2.04. The second kappa shape index (κ2) is 7.05. The maximum Gasteiger partial charge on any atom is 0.0504 e. The molecule has 0 saturated carbocycles. The SMILES string of the molecule is CCCCN(C)C(c1ccsc1)C(N)CC. The molecular weight excluding hydrogens is 216 g/mol. The van der Waals surface area contributed by atoms with Gasteiger partial charge in [-0.1, -0.05) is 20.3 Å². The summed E-state index contributed by atoms with van der Waals surface area (Å²) in [5, 5.41) is 4.36. The van der Waals surface area contributed by atoms with Crippen LogP contribution in [0.1, 0.15) is 44.7 Å². The molecule has 92 valence electrons. The van der Waals surface area contributed by atoms with Crippen molar-refractivity contribution in [2.75, 3.05) is 13.6 Å². The molecule has 1 rings (SSSR count). The lowest BCUT2D eigenvalue weighted by Crippen LogP contribution is -2.39. The minimum absolute atomic E-state index is 0.233. The minimum Gasteiger partial charge on any atom is -0.326 e. The third-order valence-electron chi connectivity index (χ3n) is 3.10. The summed E-state index contributed by atoms with van der Waals surface area (Å²) in [6.45, 7) is 5.52. The van der Waals surface area contributed by atoms with E-state index in [-0.39, 0.29) is 6.04 Å². The van der Waals surface area contributed by atoms with E-state index in [0.717, 1.165) is 13.0 Å². The van der Waals surface area contributed by atoms with E-state index in [1.807, 2.05) is 0 Å². The monoisotopic (exact) mass is 240 g/mol. The molecule has 0 saturated heterocycles. The first-order valence-electron chi connectivity index (χ1n) is 6.18. The zero-order valence-corrected chi connectivity index (χ0v) is 11.5. The summed E-state index contributed by atoms with van der Waals surface area (Å²) in [6.07, 6.45) is 3.51. The van der Waals surface area contributed by atoms with Crippen LogP contribution in [0.4, 0.5) is 0 Å². The fourth-order valence-corrected chi connectivity index (χ4v) is 2.73. The standard InChI is InChI=1S/C13H24N2S/c1-4-6-8-15(3)13(12(14)5-2)11-7-9-16-10-11/h7,9-10,12-13H,4-6,8,14H2,1-3H3. The molecule has 0 amide bonds. The molecular formula is C13H24N2S. The summed E-state index contributed by atoms with van der Waals surface area (Å²) in [6, 6.07) is 2.81. The normalized spacial score (nSPS) is 15.3. The van der Waals surface area contributed by atoms with Crippen molar-refractivity contribution in [2.24, 2.45) is 5.73 Å². The Morgan fingerprint density at radius 3 is 2.69 bits per heavy atom. The van der Waals surface area contributed by atoms with Gasteiger partial charge in [-0.2, -0.15) is 11.3 Å². The maximum atomic E-state index is 6.24. The molecule has 0 radical (unpaired) electrons. The van der Waals surface area contributed by atoms with Gasteiger partial charge in [0.05, 0.1) is 6.04 Å². The van der Waals surface area contributed by atoms with E-state index >= 15 is 0 Å². The first kappa shape index (κ1) is 13.7. The van der Waals surface area contributed by atoms with Crippen molar-refractivity contribution in [2.45, 2.75) is 45.2 Å². The van der Waals surface area contributed by atoms with Gasteiger partial charge in [-0.25, -0.2) is 0 Å². The zero-order chi connectivity index (χ0) is 12.0. The van der Waals surface area contributed by atoms with Gasteiger partial charge in [0, 0.05) is 6.04 Å². The molecule has 1 aromatic rings. The number of hydrogen-bond donors (Lipinski definition) is 1. The van der Waals surface area contributed by atoms with E-state index in [1.54, 1.807) is 11.3 Å². The molecule has 16 heavy (non-hydrogen) atoms. The molecule has 1 aromatic heterocycles. The second-order valence-corrected chi connectivity index (χ2v) is 5.19. The fraction of sp³-hybridized carbons (Fsp3) is 0.692. The lowest BCUT2D eigenvalue weighted by Gasteiger charge is -2.32. The van der Waals surface area contributed by atoms with Crippen molar-refractivity contribution < 1.29 is 0 Å². The summed E-state index contributed by atoms with van der Waals surface area (Å²) >= 11 is 1.75. The molecule has 0 fully saturated rings. The minimum atomic E-state index is 0.233. The third-order valence-corrected chi connectivity index (χ3v) is 3.80. The molecule has 0 spiro atoms. The first-order chi connectivity index (χ1) is 7.70. The highest BCUT2D eigenvalue weighted by atomic mass is 32.1. The molecule has 0 aliphatic rings. The van der Waals surface area contributed by atoms with Gasteiger partial charge in [-0.15, -0.1) is 0 Å². The smallest absolute Gasteiger partial charge is 0.0504 e. The highest BCUT2D eigenvalue weighted by Gasteiger charge is 2.22. The topological polar surface area (TPSA) is 29.3 Å². The summed E-state index contributed by atoms with van der Waals surface area (Å²) in [7, 11) is 2.19. The van der Waals surface area contributed by atoms with Gasteiger partial charge in [0.2, 0.25) is 0 Å². The summed E-state index contributed by atoms with van der Waals surface area (Å²) < 4.78 is 0. The highest BCUT2D eigenvalue weighted by Crippen LogP contribution is 2.26. The average Bonchev–Trinajstić information content (AvgIpc) is 2.79. The Balaban J connectivity index is 2.71. The Morgan fingerprint density at radius 2 is 2.19 bits per heavy atom. The number of thiophene rings is 1. The van der Waals surface area contributed by atoms with E-state index < -0.39 is 0 Å². The number of rotatable bonds is 7. The number of likely N-dealkylation sites (N-methyl/N-ethyl adjacent to an activating group) is 1. The van der Waals surface area contributed by atoms with Crippen molar-refractivity contribution >= 4 is 11.3 Å². The maximum absolute atomic E-state index is 6.24. The van der Waals surface area contributed by atoms with E-state index in [4.69, 9.17) is 5.73 Å². The summed E-state index contributed by atoms with van der Waals surface area (Å²) in [5.41, 5.74) is 7.62. The first-order valence-corrected chi connectivity index (χ1v) is 7.12. The van der Waals surface area contributed by atoms with Gasteiger partial charge in [0.15, 0.2) is 0 Å². The van der Waals surface area contributed by atoms with E-state index in [0.29, 0.717) is 6.04 Å². The Kier molecular flexibility index (Phi) is 6.03. The van der Waals surface area contributed by atoms with Gasteiger partial charge in [0.1, 0.15) is 0 Å².